The molecule has 0 aromatic heterocycles. The van der Waals surface area contributed by atoms with Crippen molar-refractivity contribution in [2.24, 2.45) is 0 Å². The third-order valence-corrected chi connectivity index (χ3v) is 3.78. The molecule has 0 bridgehead atoms. The second-order valence-electron chi connectivity index (χ2n) is 4.66. The van der Waals surface area contributed by atoms with Gasteiger partial charge in [-0.25, -0.2) is 0 Å². The fraction of sp³-hybridized carbons (Fsp3) is 0.500. The van der Waals surface area contributed by atoms with Gasteiger partial charge < -0.3 is 11.8 Å². The van der Waals surface area contributed by atoms with E-state index in [1.54, 1.807) is 5.56 Å². The van der Waals surface area contributed by atoms with Gasteiger partial charge >= 0.3 is 21.1 Å². The van der Waals surface area contributed by atoms with Crippen molar-refractivity contribution in [1.82, 2.24) is 0 Å². The molecule has 84 valence electrons. The van der Waals surface area contributed by atoms with Crippen LogP contribution in [0.1, 0.15) is 28.7 Å². The smallest absolute Gasteiger partial charge is 0.396 e. The first-order chi connectivity index (χ1) is 7.31. The predicted octanol–water partition coefficient (Wildman–Crippen LogP) is 2.34. The molecule has 0 spiro atoms. The number of hydrogen-bond acceptors (Lipinski definition) is 1. The van der Waals surface area contributed by atoms with E-state index >= 15 is 0 Å². The van der Waals surface area contributed by atoms with Crippen molar-refractivity contribution in [2.45, 2.75) is 32.1 Å². The van der Waals surface area contributed by atoms with Gasteiger partial charge in [0.15, 0.2) is 0 Å². The molecule has 1 nitrogen and oxygen atoms in total. The van der Waals surface area contributed by atoms with Gasteiger partial charge in [0.2, 0.25) is 0 Å². The van der Waals surface area contributed by atoms with Crippen LogP contribution in [0.3, 0.4) is 0 Å². The number of nitrogens with zero attached hydrogens (tertiary/aromatic N) is 1. The summed E-state index contributed by atoms with van der Waals surface area (Å²) >= 11 is 0. The summed E-state index contributed by atoms with van der Waals surface area (Å²) in [5.41, 5.74) is 7.49. The first-order valence-corrected chi connectivity index (χ1v) is 5.90. The van der Waals surface area contributed by atoms with E-state index in [4.69, 9.17) is 0 Å². The zero-order chi connectivity index (χ0) is 10.4. The zero-order valence-electron chi connectivity index (χ0n) is 9.81. The van der Waals surface area contributed by atoms with E-state index < -0.39 is 0 Å². The number of rotatable bonds is 1. The standard InChI is InChI=1S/C14H17N.W/c1-3-10-9-11-5-4-6-12(11)14-13(10)7-8-15(14)2;/h1,3-8H2,2H3;/q-2;+2. The first kappa shape index (κ1) is 12.2. The van der Waals surface area contributed by atoms with Crippen LogP contribution in [-0.4, -0.2) is 13.6 Å². The van der Waals surface area contributed by atoms with Crippen LogP contribution >= 0.6 is 0 Å². The second-order valence-corrected chi connectivity index (χ2v) is 4.66. The topological polar surface area (TPSA) is 3.24 Å². The van der Waals surface area contributed by atoms with Crippen molar-refractivity contribution in [3.63, 3.8) is 0 Å². The predicted molar refractivity (Wildman–Crippen MR) is 63.3 cm³/mol. The zero-order valence-corrected chi connectivity index (χ0v) is 12.7. The Kier molecular flexibility index (Phi) is 3.44. The molecule has 0 atom stereocenters. The molecule has 0 fully saturated rings. The van der Waals surface area contributed by atoms with Crippen molar-refractivity contribution < 1.29 is 21.1 Å². The molecular formula is C14H17NW. The first-order valence-electron chi connectivity index (χ1n) is 5.90. The summed E-state index contributed by atoms with van der Waals surface area (Å²) < 4.78 is 0. The van der Waals surface area contributed by atoms with Gasteiger partial charge in [0.1, 0.15) is 0 Å². The SMILES string of the molecule is [CH2-]Cc1[c-]c2c(c3c1CCN3C)CCC2.[W+2]. The summed E-state index contributed by atoms with van der Waals surface area (Å²) in [4.78, 5) is 2.42. The Labute approximate surface area is 112 Å². The number of benzene rings is 1. The molecule has 0 unspecified atom stereocenters. The number of aryl methyl sites for hydroxylation is 1. The van der Waals surface area contributed by atoms with Crippen molar-refractivity contribution in [3.8, 4) is 0 Å². The number of hydrogen-bond donors (Lipinski definition) is 0. The minimum atomic E-state index is 0. The quantitative estimate of drug-likeness (QED) is 0.674. The molecule has 0 amide bonds. The molecule has 16 heavy (non-hydrogen) atoms. The Bertz CT molecular complexity index is 412. The largest absolute Gasteiger partial charge is 2.00 e. The summed E-state index contributed by atoms with van der Waals surface area (Å²) in [5.74, 6) is 0. The van der Waals surface area contributed by atoms with Gasteiger partial charge in [-0.05, 0) is 0 Å². The van der Waals surface area contributed by atoms with E-state index in [0.717, 1.165) is 6.42 Å². The van der Waals surface area contributed by atoms with Crippen LogP contribution in [0.15, 0.2) is 0 Å². The van der Waals surface area contributed by atoms with Crippen molar-refractivity contribution in [1.29, 1.82) is 0 Å². The Morgan fingerprint density at radius 1 is 1.25 bits per heavy atom. The molecule has 0 N–H and O–H groups in total. The van der Waals surface area contributed by atoms with E-state index in [1.807, 2.05) is 0 Å². The molecule has 1 aromatic rings. The van der Waals surface area contributed by atoms with E-state index in [9.17, 15) is 0 Å². The van der Waals surface area contributed by atoms with Gasteiger partial charge in [0.05, 0.1) is 0 Å². The monoisotopic (exact) mass is 383 g/mol. The van der Waals surface area contributed by atoms with E-state index in [2.05, 4.69) is 24.9 Å². The maximum absolute atomic E-state index is 4.03. The molecule has 0 radical (unpaired) electrons. The van der Waals surface area contributed by atoms with E-state index in [-0.39, 0.29) is 21.1 Å². The second kappa shape index (κ2) is 4.53. The summed E-state index contributed by atoms with van der Waals surface area (Å²) in [6.45, 7) is 5.21. The summed E-state index contributed by atoms with van der Waals surface area (Å²) in [6, 6.07) is 3.61. The summed E-state index contributed by atoms with van der Waals surface area (Å²) in [5, 5.41) is 0. The Balaban J connectivity index is 0.000000963. The van der Waals surface area contributed by atoms with Crippen molar-refractivity contribution >= 4 is 5.69 Å². The van der Waals surface area contributed by atoms with Crippen molar-refractivity contribution in [2.75, 3.05) is 18.5 Å². The molecule has 1 aliphatic carbocycles. The van der Waals surface area contributed by atoms with E-state index in [1.165, 1.54) is 54.6 Å². The summed E-state index contributed by atoms with van der Waals surface area (Å²) in [7, 11) is 2.22. The number of likely N-dealkylation sites (N-methyl/N-ethyl adjacent to an activating group) is 1. The molecule has 2 heteroatoms. The van der Waals surface area contributed by atoms with Crippen LogP contribution in [0, 0.1) is 13.0 Å². The molecule has 1 aliphatic heterocycles. The van der Waals surface area contributed by atoms with Gasteiger partial charge in [-0.15, -0.1) is 11.1 Å². The maximum Gasteiger partial charge on any atom is 2.00 e. The van der Waals surface area contributed by atoms with Gasteiger partial charge in [-0.3, -0.25) is 0 Å². The maximum atomic E-state index is 4.03. The van der Waals surface area contributed by atoms with Gasteiger partial charge in [0, 0.05) is 13.6 Å². The van der Waals surface area contributed by atoms with E-state index in [0.29, 0.717) is 0 Å². The molecule has 2 aliphatic rings. The Morgan fingerprint density at radius 3 is 2.81 bits per heavy atom. The number of anilines is 1. The van der Waals surface area contributed by atoms with Crippen LogP contribution in [0.2, 0.25) is 0 Å². The molecule has 1 aromatic carbocycles. The fourth-order valence-electron chi connectivity index (χ4n) is 3.06. The average molecular weight is 383 g/mol. The average Bonchev–Trinajstić information content (AvgIpc) is 2.83. The minimum Gasteiger partial charge on any atom is -0.396 e. The third kappa shape index (κ3) is 1.64. The number of fused-ring (bicyclic) bond motifs is 3. The third-order valence-electron chi connectivity index (χ3n) is 3.78. The van der Waals surface area contributed by atoms with Gasteiger partial charge in [0.25, 0.3) is 0 Å². The fourth-order valence-corrected chi connectivity index (χ4v) is 3.06. The van der Waals surface area contributed by atoms with Crippen molar-refractivity contribution in [3.05, 3.63) is 35.2 Å². The van der Waals surface area contributed by atoms with Gasteiger partial charge in [-0.1, -0.05) is 31.4 Å². The summed E-state index contributed by atoms with van der Waals surface area (Å²) in [6.07, 6.45) is 5.88. The normalized spacial score (nSPS) is 17.0. The van der Waals surface area contributed by atoms with Crippen LogP contribution in [-0.2, 0) is 46.7 Å². The molecular weight excluding hydrogens is 366 g/mol. The Hall–Kier alpha value is -0.292. The van der Waals surface area contributed by atoms with Crippen LogP contribution in [0.5, 0.6) is 0 Å². The Morgan fingerprint density at radius 2 is 2.06 bits per heavy atom. The molecule has 3 rings (SSSR count). The van der Waals surface area contributed by atoms with Crippen LogP contribution in [0.25, 0.3) is 0 Å². The molecule has 1 heterocycles. The van der Waals surface area contributed by atoms with Crippen LogP contribution in [0.4, 0.5) is 5.69 Å². The van der Waals surface area contributed by atoms with Crippen LogP contribution < -0.4 is 4.90 Å². The molecule has 0 saturated carbocycles. The molecule has 0 saturated heterocycles. The minimum absolute atomic E-state index is 0. The van der Waals surface area contributed by atoms with Gasteiger partial charge in [-0.2, -0.15) is 23.6 Å².